The van der Waals surface area contributed by atoms with Crippen LogP contribution in [0.25, 0.3) is 0 Å². The number of hydrogen-bond acceptors (Lipinski definition) is 8. The van der Waals surface area contributed by atoms with Crippen LogP contribution < -0.4 is 10.0 Å². The van der Waals surface area contributed by atoms with Gasteiger partial charge in [-0.15, -0.1) is 0 Å². The molecule has 0 saturated heterocycles. The molecule has 1 aliphatic carbocycles. The number of imidazole rings is 1. The maximum atomic E-state index is 13.2. The smallest absolute Gasteiger partial charge is 0.475 e. The lowest BCUT2D eigenvalue weighted by Crippen LogP contribution is -2.37. The van der Waals surface area contributed by atoms with Gasteiger partial charge in [0, 0.05) is 36.4 Å². The van der Waals surface area contributed by atoms with Gasteiger partial charge in [-0.1, -0.05) is 0 Å². The standard InChI is InChI=1S/C21H23N7O2S.C2HF3O2/c1-14-5-6-24-21(25-14)15(2)27-31(29,30)20-9-16(12-22)3-4-19(20)26-17-10-18(11-17)28-8-7-23-13-28;3-2(4,5)1(6)7/h3-9,13,15,17-18,26-27H,10-11H2,1-2H3;(H,6,7). The summed E-state index contributed by atoms with van der Waals surface area (Å²) in [6.45, 7) is 3.51. The first kappa shape index (κ1) is 28.5. The average Bonchev–Trinajstić information content (AvgIpc) is 3.35. The maximum absolute atomic E-state index is 13.2. The number of carboxylic acid groups (broad SMARTS) is 1. The summed E-state index contributed by atoms with van der Waals surface area (Å²) in [5.74, 6) is -2.37. The highest BCUT2D eigenvalue weighted by Gasteiger charge is 2.38. The average molecular weight is 552 g/mol. The zero-order valence-electron chi connectivity index (χ0n) is 20.2. The van der Waals surface area contributed by atoms with Crippen molar-refractivity contribution < 1.29 is 31.5 Å². The number of carbonyl (C=O) groups is 1. The largest absolute Gasteiger partial charge is 0.490 e. The van der Waals surface area contributed by atoms with Gasteiger partial charge >= 0.3 is 12.1 Å². The molecule has 1 fully saturated rings. The van der Waals surface area contributed by atoms with E-state index in [0.29, 0.717) is 17.6 Å². The fourth-order valence-corrected chi connectivity index (χ4v) is 5.01. The third-order valence-corrected chi connectivity index (χ3v) is 7.18. The van der Waals surface area contributed by atoms with E-state index in [1.165, 1.54) is 6.07 Å². The molecule has 0 spiro atoms. The van der Waals surface area contributed by atoms with Crippen molar-refractivity contribution in [3.8, 4) is 6.07 Å². The molecule has 1 unspecified atom stereocenters. The van der Waals surface area contributed by atoms with Crippen molar-refractivity contribution in [1.82, 2.24) is 24.2 Å². The van der Waals surface area contributed by atoms with Crippen LogP contribution in [0.15, 0.2) is 54.1 Å². The summed E-state index contributed by atoms with van der Waals surface area (Å²) in [5.41, 5.74) is 1.50. The summed E-state index contributed by atoms with van der Waals surface area (Å²) in [6.07, 6.45) is 3.69. The van der Waals surface area contributed by atoms with E-state index >= 15 is 0 Å². The highest BCUT2D eigenvalue weighted by Crippen LogP contribution is 2.36. The second kappa shape index (κ2) is 11.6. The Kier molecular flexibility index (Phi) is 8.69. The Balaban J connectivity index is 0.000000505. The molecule has 0 bridgehead atoms. The molecular weight excluding hydrogens is 527 g/mol. The number of aryl methyl sites for hydroxylation is 1. The Bertz CT molecular complexity index is 1420. The molecule has 1 aliphatic rings. The van der Waals surface area contributed by atoms with E-state index in [1.54, 1.807) is 43.8 Å². The lowest BCUT2D eigenvalue weighted by Gasteiger charge is -2.37. The minimum atomic E-state index is -5.08. The molecule has 38 heavy (non-hydrogen) atoms. The van der Waals surface area contributed by atoms with Gasteiger partial charge in [0.05, 0.1) is 29.7 Å². The van der Waals surface area contributed by atoms with Gasteiger partial charge < -0.3 is 15.0 Å². The van der Waals surface area contributed by atoms with Crippen LogP contribution in [-0.4, -0.2) is 51.2 Å². The number of nitrogens with zero attached hydrogens (tertiary/aromatic N) is 5. The van der Waals surface area contributed by atoms with E-state index in [2.05, 4.69) is 29.6 Å². The Morgan fingerprint density at radius 1 is 1.26 bits per heavy atom. The number of rotatable bonds is 7. The van der Waals surface area contributed by atoms with Gasteiger partial charge in [0.1, 0.15) is 10.7 Å². The number of hydrogen-bond donors (Lipinski definition) is 3. The number of aliphatic carboxylic acids is 1. The van der Waals surface area contributed by atoms with E-state index in [1.807, 2.05) is 19.2 Å². The number of anilines is 1. The fourth-order valence-electron chi connectivity index (χ4n) is 3.61. The van der Waals surface area contributed by atoms with Crippen molar-refractivity contribution in [2.75, 3.05) is 5.32 Å². The Morgan fingerprint density at radius 2 is 1.95 bits per heavy atom. The molecule has 0 amide bonds. The van der Waals surface area contributed by atoms with E-state index < -0.39 is 28.2 Å². The fraction of sp³-hybridized carbons (Fsp3) is 0.348. The minimum Gasteiger partial charge on any atom is -0.475 e. The summed E-state index contributed by atoms with van der Waals surface area (Å²) < 4.78 is 62.8. The third-order valence-electron chi connectivity index (χ3n) is 5.59. The number of nitriles is 1. The summed E-state index contributed by atoms with van der Waals surface area (Å²) in [4.78, 5) is 21.5. The van der Waals surface area contributed by atoms with Gasteiger partial charge in [-0.05, 0) is 51.0 Å². The van der Waals surface area contributed by atoms with E-state index in [-0.39, 0.29) is 16.5 Å². The van der Waals surface area contributed by atoms with Gasteiger partial charge in [-0.3, -0.25) is 0 Å². The molecule has 1 saturated carbocycles. The number of alkyl halides is 3. The molecule has 1 atom stereocenters. The molecule has 15 heteroatoms. The third kappa shape index (κ3) is 7.26. The topological polar surface area (TPSA) is 163 Å². The molecule has 1 aromatic carbocycles. The first-order valence-electron chi connectivity index (χ1n) is 11.2. The van der Waals surface area contributed by atoms with Crippen molar-refractivity contribution >= 4 is 21.7 Å². The van der Waals surface area contributed by atoms with Crippen LogP contribution in [0.2, 0.25) is 0 Å². The maximum Gasteiger partial charge on any atom is 0.490 e. The molecule has 3 N–H and O–H groups in total. The summed E-state index contributed by atoms with van der Waals surface area (Å²) in [6, 6.07) is 8.25. The number of benzene rings is 1. The Morgan fingerprint density at radius 3 is 2.50 bits per heavy atom. The quantitative estimate of drug-likeness (QED) is 0.400. The summed E-state index contributed by atoms with van der Waals surface area (Å²) in [5, 5.41) is 19.7. The van der Waals surface area contributed by atoms with Gasteiger partial charge in [0.2, 0.25) is 10.0 Å². The van der Waals surface area contributed by atoms with Crippen LogP contribution in [0.5, 0.6) is 0 Å². The SMILES string of the molecule is Cc1ccnc(C(C)NS(=O)(=O)c2cc(C#N)ccc2NC2CC(n3ccnc3)C2)n1.O=C(O)C(F)(F)F. The van der Waals surface area contributed by atoms with Crippen LogP contribution >= 0.6 is 0 Å². The number of halogens is 3. The lowest BCUT2D eigenvalue weighted by molar-refractivity contribution is -0.192. The highest BCUT2D eigenvalue weighted by atomic mass is 32.2. The minimum absolute atomic E-state index is 0.0390. The van der Waals surface area contributed by atoms with Crippen molar-refractivity contribution in [3.63, 3.8) is 0 Å². The van der Waals surface area contributed by atoms with Crippen LogP contribution in [-0.2, 0) is 14.8 Å². The molecule has 2 aromatic heterocycles. The molecule has 0 aliphatic heterocycles. The lowest BCUT2D eigenvalue weighted by atomic mass is 9.86. The molecule has 4 rings (SSSR count). The molecule has 3 aromatic rings. The van der Waals surface area contributed by atoms with Crippen molar-refractivity contribution in [2.45, 2.75) is 55.9 Å². The number of carboxylic acids is 1. The number of sulfonamides is 1. The van der Waals surface area contributed by atoms with Crippen LogP contribution in [0.1, 0.15) is 48.9 Å². The molecule has 0 radical (unpaired) electrons. The Labute approximate surface area is 216 Å². The Hall–Kier alpha value is -4.03. The van der Waals surface area contributed by atoms with Crippen LogP contribution in [0.3, 0.4) is 0 Å². The molecule has 2 heterocycles. The summed E-state index contributed by atoms with van der Waals surface area (Å²) >= 11 is 0. The van der Waals surface area contributed by atoms with E-state index in [9.17, 15) is 26.9 Å². The zero-order chi connectivity index (χ0) is 28.1. The van der Waals surface area contributed by atoms with E-state index in [0.717, 1.165) is 18.5 Å². The van der Waals surface area contributed by atoms with Crippen molar-refractivity contribution in [3.05, 3.63) is 66.3 Å². The molecule has 202 valence electrons. The summed E-state index contributed by atoms with van der Waals surface area (Å²) in [7, 11) is -3.93. The van der Waals surface area contributed by atoms with Crippen LogP contribution in [0.4, 0.5) is 18.9 Å². The highest BCUT2D eigenvalue weighted by molar-refractivity contribution is 7.89. The second-order valence-electron chi connectivity index (χ2n) is 8.50. The van der Waals surface area contributed by atoms with Gasteiger partial charge in [0.25, 0.3) is 0 Å². The van der Waals surface area contributed by atoms with Crippen molar-refractivity contribution in [2.24, 2.45) is 0 Å². The second-order valence-corrected chi connectivity index (χ2v) is 10.2. The number of nitrogens with one attached hydrogen (secondary N) is 2. The first-order valence-corrected chi connectivity index (χ1v) is 12.7. The van der Waals surface area contributed by atoms with Crippen molar-refractivity contribution in [1.29, 1.82) is 5.26 Å². The normalized spacial score (nSPS) is 17.8. The monoisotopic (exact) mass is 551 g/mol. The predicted molar refractivity (Wildman–Crippen MR) is 128 cm³/mol. The zero-order valence-corrected chi connectivity index (χ0v) is 21.0. The predicted octanol–water partition coefficient (Wildman–Crippen LogP) is 3.34. The molecule has 11 nitrogen and oxygen atoms in total. The van der Waals surface area contributed by atoms with Crippen LogP contribution in [0, 0.1) is 18.3 Å². The van der Waals surface area contributed by atoms with Gasteiger partial charge in [0.15, 0.2) is 0 Å². The number of aromatic nitrogens is 4. The first-order chi connectivity index (χ1) is 17.8. The van der Waals surface area contributed by atoms with Gasteiger partial charge in [-0.25, -0.2) is 32.9 Å². The van der Waals surface area contributed by atoms with E-state index in [4.69, 9.17) is 9.90 Å². The molecular formula is C23H24F3N7O4S. The van der Waals surface area contributed by atoms with Gasteiger partial charge in [-0.2, -0.15) is 18.4 Å².